The molecule has 2 aromatic heterocycles. The molecule has 0 bridgehead atoms. The van der Waals surface area contributed by atoms with Crippen molar-refractivity contribution in [1.82, 2.24) is 9.97 Å². The molecule has 13 rings (SSSR count). The van der Waals surface area contributed by atoms with Crippen LogP contribution in [0, 0.1) is 0 Å². The van der Waals surface area contributed by atoms with Gasteiger partial charge in [-0.25, -0.2) is 9.97 Å². The monoisotopic (exact) mass is 856 g/mol. The minimum Gasteiger partial charge on any atom is -0.473 e. The average Bonchev–Trinajstić information content (AvgIpc) is 3.39. The zero-order valence-electron chi connectivity index (χ0n) is 37.3. The standard InChI is InChI=1S/C62H52N2O2/c1-3-9-39(10-4-1)43-17-21-51-45(35-43)13-7-15-49(51)47-19-23-53-57(37-47)63-61-55(59(53)41-27-31-65-32-28-41)25-26-56-60(42-29-33-66-34-30-42)54-24-20-48(38-58(54)64-62(56)61)50-16-8-14-46-36-44(18-22-52(46)50)40-11-5-2-6-12-40/h7-8,13-42H,1-6,9-12H2. The van der Waals surface area contributed by atoms with Crippen LogP contribution in [0.25, 0.3) is 87.4 Å². The van der Waals surface area contributed by atoms with Crippen LogP contribution in [0.5, 0.6) is 0 Å². The Bertz CT molecular complexity index is 3270. The van der Waals surface area contributed by atoms with Gasteiger partial charge in [-0.1, -0.05) is 148 Å². The number of fused-ring (bicyclic) bond motifs is 7. The van der Waals surface area contributed by atoms with Crippen LogP contribution in [-0.2, 0) is 9.47 Å². The van der Waals surface area contributed by atoms with Gasteiger partial charge in [0.2, 0.25) is 0 Å². The van der Waals surface area contributed by atoms with Crippen molar-refractivity contribution in [3.05, 3.63) is 193 Å². The third-order valence-corrected chi connectivity index (χ3v) is 15.5. The smallest absolute Gasteiger partial charge is 0.0975 e. The van der Waals surface area contributed by atoms with Crippen LogP contribution < -0.4 is 0 Å². The van der Waals surface area contributed by atoms with E-state index in [1.165, 1.54) is 119 Å². The molecule has 4 nitrogen and oxygen atoms in total. The lowest BCUT2D eigenvalue weighted by atomic mass is 9.83. The zero-order chi connectivity index (χ0) is 43.6. The number of hydrogen-bond donors (Lipinski definition) is 0. The van der Waals surface area contributed by atoms with Crippen molar-refractivity contribution < 1.29 is 9.47 Å². The molecule has 0 spiro atoms. The van der Waals surface area contributed by atoms with Crippen LogP contribution in [0.4, 0.5) is 0 Å². The Morgan fingerprint density at radius 3 is 1.23 bits per heavy atom. The SMILES string of the molecule is C1=CC(c2c3ccc(-c4cccc5cc(C6CCCCC6)ccc45)cc3nc3c2ccc2c(C4C=COC=C4)c4ccc(-c5cccc6cc(C7CCCCC7)ccc56)cc4nc23)C=CO1. The van der Waals surface area contributed by atoms with E-state index in [4.69, 9.17) is 19.4 Å². The van der Waals surface area contributed by atoms with E-state index >= 15 is 0 Å². The van der Waals surface area contributed by atoms with Crippen LogP contribution in [0.1, 0.15) is 110 Å². The minimum absolute atomic E-state index is 0.00342. The van der Waals surface area contributed by atoms with E-state index in [0.29, 0.717) is 11.8 Å². The topological polar surface area (TPSA) is 44.2 Å². The van der Waals surface area contributed by atoms with Gasteiger partial charge in [0.15, 0.2) is 0 Å². The van der Waals surface area contributed by atoms with Crippen molar-refractivity contribution in [2.75, 3.05) is 0 Å². The molecule has 0 radical (unpaired) electrons. The molecule has 2 aliphatic carbocycles. The zero-order valence-corrected chi connectivity index (χ0v) is 37.3. The molecule has 9 aromatic rings. The molecule has 0 saturated heterocycles. The second-order valence-electron chi connectivity index (χ2n) is 19.3. The summed E-state index contributed by atoms with van der Waals surface area (Å²) in [5.41, 5.74) is 13.9. The van der Waals surface area contributed by atoms with Crippen LogP contribution in [0.3, 0.4) is 0 Å². The molecule has 2 fully saturated rings. The van der Waals surface area contributed by atoms with Gasteiger partial charge < -0.3 is 9.47 Å². The normalized spacial score (nSPS) is 17.5. The van der Waals surface area contributed by atoms with Crippen molar-refractivity contribution in [1.29, 1.82) is 0 Å². The molecule has 4 heteroatoms. The van der Waals surface area contributed by atoms with Gasteiger partial charge in [0.1, 0.15) is 0 Å². The summed E-state index contributed by atoms with van der Waals surface area (Å²) in [6.45, 7) is 0. The highest BCUT2D eigenvalue weighted by atomic mass is 16.5. The third kappa shape index (κ3) is 6.80. The Labute approximate surface area is 386 Å². The quantitative estimate of drug-likeness (QED) is 0.123. The molecule has 0 N–H and O–H groups in total. The first-order chi connectivity index (χ1) is 32.7. The maximum atomic E-state index is 5.66. The first-order valence-electron chi connectivity index (χ1n) is 24.4. The minimum atomic E-state index is 0.00342. The van der Waals surface area contributed by atoms with E-state index in [9.17, 15) is 0 Å². The number of allylic oxidation sites excluding steroid dienone is 4. The average molecular weight is 857 g/mol. The highest BCUT2D eigenvalue weighted by Crippen LogP contribution is 2.44. The summed E-state index contributed by atoms with van der Waals surface area (Å²) < 4.78 is 11.2. The Morgan fingerprint density at radius 2 is 0.788 bits per heavy atom. The molecule has 0 atom stereocenters. The summed E-state index contributed by atoms with van der Waals surface area (Å²) in [5.74, 6) is 1.34. The van der Waals surface area contributed by atoms with E-state index in [-0.39, 0.29) is 11.8 Å². The summed E-state index contributed by atoms with van der Waals surface area (Å²) in [6, 6.07) is 46.2. The molecule has 7 aromatic carbocycles. The van der Waals surface area contributed by atoms with E-state index in [0.717, 1.165) is 54.7 Å². The van der Waals surface area contributed by atoms with E-state index < -0.39 is 0 Å². The van der Waals surface area contributed by atoms with Crippen LogP contribution in [-0.4, -0.2) is 9.97 Å². The molecule has 322 valence electrons. The number of rotatable bonds is 6. The summed E-state index contributed by atoms with van der Waals surface area (Å²) >= 11 is 0. The Balaban J connectivity index is 1.01. The second kappa shape index (κ2) is 16.4. The van der Waals surface area contributed by atoms with Crippen molar-refractivity contribution in [3.8, 4) is 22.3 Å². The Hall–Kier alpha value is -7.04. The molecule has 4 heterocycles. The molecule has 66 heavy (non-hydrogen) atoms. The van der Waals surface area contributed by atoms with Gasteiger partial charge in [0, 0.05) is 33.4 Å². The summed E-state index contributed by atoms with van der Waals surface area (Å²) in [4.78, 5) is 11.3. The van der Waals surface area contributed by atoms with Crippen LogP contribution in [0.2, 0.25) is 0 Å². The first-order valence-corrected chi connectivity index (χ1v) is 24.4. The maximum absolute atomic E-state index is 5.66. The van der Waals surface area contributed by atoms with E-state index in [1.807, 2.05) is 0 Å². The molecule has 0 unspecified atom stereocenters. The predicted molar refractivity (Wildman–Crippen MR) is 274 cm³/mol. The van der Waals surface area contributed by atoms with Crippen molar-refractivity contribution >= 4 is 65.2 Å². The summed E-state index contributed by atoms with van der Waals surface area (Å²) in [7, 11) is 0. The van der Waals surface area contributed by atoms with Gasteiger partial charge in [-0.05, 0) is 140 Å². The fourth-order valence-corrected chi connectivity index (χ4v) is 12.1. The van der Waals surface area contributed by atoms with Crippen molar-refractivity contribution in [2.24, 2.45) is 0 Å². The fourth-order valence-electron chi connectivity index (χ4n) is 12.1. The highest BCUT2D eigenvalue weighted by Gasteiger charge is 2.24. The van der Waals surface area contributed by atoms with E-state index in [1.54, 1.807) is 25.0 Å². The van der Waals surface area contributed by atoms with E-state index in [2.05, 4.69) is 146 Å². The van der Waals surface area contributed by atoms with Crippen molar-refractivity contribution in [3.63, 3.8) is 0 Å². The molecule has 2 aliphatic heterocycles. The van der Waals surface area contributed by atoms with Crippen LogP contribution >= 0.6 is 0 Å². The summed E-state index contributed by atoms with van der Waals surface area (Å²) in [5, 5.41) is 9.62. The van der Waals surface area contributed by atoms with Crippen LogP contribution in [0.15, 0.2) is 171 Å². The number of pyridine rings is 2. The molecule has 2 saturated carbocycles. The second-order valence-corrected chi connectivity index (χ2v) is 19.3. The third-order valence-electron chi connectivity index (χ3n) is 15.5. The van der Waals surface area contributed by atoms with Gasteiger partial charge >= 0.3 is 0 Å². The van der Waals surface area contributed by atoms with Gasteiger partial charge in [-0.2, -0.15) is 0 Å². The van der Waals surface area contributed by atoms with Gasteiger partial charge in [-0.3, -0.25) is 0 Å². The van der Waals surface area contributed by atoms with Gasteiger partial charge in [0.25, 0.3) is 0 Å². The lowest BCUT2D eigenvalue weighted by Crippen LogP contribution is -2.04. The fraction of sp³-hybridized carbons (Fsp3) is 0.226. The highest BCUT2D eigenvalue weighted by molar-refractivity contribution is 6.14. The number of hydrogen-bond acceptors (Lipinski definition) is 4. The predicted octanol–water partition coefficient (Wildman–Crippen LogP) is 17.1. The molecule has 0 amide bonds. The molecular formula is C62H52N2O2. The number of nitrogens with zero attached hydrogens (tertiary/aromatic N) is 2. The van der Waals surface area contributed by atoms with Crippen molar-refractivity contribution in [2.45, 2.75) is 87.9 Å². The van der Waals surface area contributed by atoms with Gasteiger partial charge in [-0.15, -0.1) is 0 Å². The molecule has 4 aliphatic rings. The maximum Gasteiger partial charge on any atom is 0.0975 e. The first kappa shape index (κ1) is 39.3. The number of benzene rings is 7. The lowest BCUT2D eigenvalue weighted by molar-refractivity contribution is 0.390. The lowest BCUT2D eigenvalue weighted by Gasteiger charge is -2.22. The Morgan fingerprint density at radius 1 is 0.379 bits per heavy atom. The summed E-state index contributed by atoms with van der Waals surface area (Å²) in [6.07, 6.45) is 29.0. The van der Waals surface area contributed by atoms with Gasteiger partial charge in [0.05, 0.1) is 47.1 Å². The Kier molecular flexibility index (Phi) is 9.80. The number of ether oxygens (including phenoxy) is 2. The largest absolute Gasteiger partial charge is 0.473 e. The number of aromatic nitrogens is 2. The molecular weight excluding hydrogens is 805 g/mol.